The summed E-state index contributed by atoms with van der Waals surface area (Å²) in [6, 6.07) is 4.82. The standard InChI is InChI=1S/C19H29N3O4S/c1-26-17-9-8-16(20-19(23)15-21-10-4-2-5-11-21)14-18(17)27(24,25)22-12-6-3-7-13-22/h8-9,14H,2-7,10-13,15H2,1H3,(H,20,23)/p+1. The molecular formula is C19H30N3O4S+. The van der Waals surface area contributed by atoms with Gasteiger partial charge < -0.3 is 15.0 Å². The van der Waals surface area contributed by atoms with Crippen molar-refractivity contribution in [3.63, 3.8) is 0 Å². The minimum Gasteiger partial charge on any atom is -0.495 e. The van der Waals surface area contributed by atoms with E-state index in [1.165, 1.54) is 28.8 Å². The topological polar surface area (TPSA) is 80.1 Å². The van der Waals surface area contributed by atoms with E-state index < -0.39 is 10.0 Å². The van der Waals surface area contributed by atoms with Gasteiger partial charge in [-0.2, -0.15) is 4.31 Å². The maximum Gasteiger partial charge on any atom is 0.279 e. The molecule has 0 aliphatic carbocycles. The van der Waals surface area contributed by atoms with E-state index in [1.54, 1.807) is 12.1 Å². The lowest BCUT2D eigenvalue weighted by Crippen LogP contribution is -3.13. The molecule has 1 aromatic carbocycles. The summed E-state index contributed by atoms with van der Waals surface area (Å²) >= 11 is 0. The van der Waals surface area contributed by atoms with Crippen molar-refractivity contribution in [2.75, 3.05) is 45.2 Å². The molecule has 3 rings (SSSR count). The Labute approximate surface area is 161 Å². The van der Waals surface area contributed by atoms with Crippen LogP contribution in [0, 0.1) is 0 Å². The molecule has 2 fully saturated rings. The number of amides is 1. The highest BCUT2D eigenvalue weighted by atomic mass is 32.2. The van der Waals surface area contributed by atoms with Gasteiger partial charge in [0.2, 0.25) is 10.0 Å². The lowest BCUT2D eigenvalue weighted by atomic mass is 10.1. The van der Waals surface area contributed by atoms with Crippen LogP contribution in [0.15, 0.2) is 23.1 Å². The first kappa shape index (κ1) is 20.1. The predicted molar refractivity (Wildman–Crippen MR) is 104 cm³/mol. The molecule has 27 heavy (non-hydrogen) atoms. The number of likely N-dealkylation sites (tertiary alicyclic amines) is 1. The third-order valence-electron chi connectivity index (χ3n) is 5.35. The summed E-state index contributed by atoms with van der Waals surface area (Å²) < 4.78 is 32.9. The molecule has 1 amide bonds. The van der Waals surface area contributed by atoms with Gasteiger partial charge in [-0.05, 0) is 50.3 Å². The van der Waals surface area contributed by atoms with Crippen molar-refractivity contribution in [3.8, 4) is 5.75 Å². The molecule has 150 valence electrons. The second kappa shape index (κ2) is 9.03. The number of carbonyl (C=O) groups is 1. The Morgan fingerprint density at radius 2 is 1.78 bits per heavy atom. The van der Waals surface area contributed by atoms with Crippen molar-refractivity contribution >= 4 is 21.6 Å². The molecule has 0 spiro atoms. The molecule has 0 radical (unpaired) electrons. The minimum absolute atomic E-state index is 0.0848. The number of benzene rings is 1. The van der Waals surface area contributed by atoms with Crippen LogP contribution >= 0.6 is 0 Å². The van der Waals surface area contributed by atoms with Crippen LogP contribution in [0.1, 0.15) is 38.5 Å². The van der Waals surface area contributed by atoms with Crippen LogP contribution in [0.5, 0.6) is 5.75 Å². The third-order valence-corrected chi connectivity index (χ3v) is 7.27. The Balaban J connectivity index is 1.75. The molecule has 0 aromatic heterocycles. The average Bonchev–Trinajstić information content (AvgIpc) is 2.69. The Morgan fingerprint density at radius 3 is 2.44 bits per heavy atom. The van der Waals surface area contributed by atoms with Crippen molar-refractivity contribution in [2.24, 2.45) is 0 Å². The fourth-order valence-electron chi connectivity index (χ4n) is 3.86. The fourth-order valence-corrected chi connectivity index (χ4v) is 5.56. The largest absolute Gasteiger partial charge is 0.495 e. The van der Waals surface area contributed by atoms with Crippen LogP contribution in [0.4, 0.5) is 5.69 Å². The van der Waals surface area contributed by atoms with E-state index in [1.807, 2.05) is 0 Å². The first-order chi connectivity index (χ1) is 13.0. The molecule has 2 saturated heterocycles. The summed E-state index contributed by atoms with van der Waals surface area (Å²) in [4.78, 5) is 13.8. The van der Waals surface area contributed by atoms with E-state index in [2.05, 4.69) is 5.32 Å². The van der Waals surface area contributed by atoms with E-state index in [4.69, 9.17) is 4.74 Å². The number of rotatable bonds is 6. The van der Waals surface area contributed by atoms with Crippen LogP contribution < -0.4 is 15.0 Å². The number of methoxy groups -OCH3 is 1. The summed E-state index contributed by atoms with van der Waals surface area (Å²) in [5.74, 6) is 0.221. The summed E-state index contributed by atoms with van der Waals surface area (Å²) in [6.45, 7) is 3.51. The number of sulfonamides is 1. The van der Waals surface area contributed by atoms with Crippen molar-refractivity contribution in [1.29, 1.82) is 0 Å². The van der Waals surface area contributed by atoms with Gasteiger partial charge in [0.1, 0.15) is 10.6 Å². The van der Waals surface area contributed by atoms with Gasteiger partial charge in [-0.1, -0.05) is 6.42 Å². The number of carbonyl (C=O) groups excluding carboxylic acids is 1. The maximum atomic E-state index is 13.1. The van der Waals surface area contributed by atoms with Crippen LogP contribution in [-0.2, 0) is 14.8 Å². The SMILES string of the molecule is COc1ccc(NC(=O)C[NH+]2CCCCC2)cc1S(=O)(=O)N1CCCCC1. The van der Waals surface area contributed by atoms with Gasteiger partial charge in [-0.3, -0.25) is 4.79 Å². The molecule has 1 aromatic rings. The zero-order valence-corrected chi connectivity index (χ0v) is 16.8. The Hall–Kier alpha value is -1.64. The van der Waals surface area contributed by atoms with Crippen molar-refractivity contribution in [2.45, 2.75) is 43.4 Å². The summed E-state index contributed by atoms with van der Waals surface area (Å²) in [6.07, 6.45) is 6.35. The normalized spacial score (nSPS) is 19.6. The predicted octanol–water partition coefficient (Wildman–Crippen LogP) is 0.877. The number of piperidine rings is 2. The van der Waals surface area contributed by atoms with Crippen molar-refractivity contribution in [1.82, 2.24) is 4.31 Å². The van der Waals surface area contributed by atoms with Crippen LogP contribution in [0.3, 0.4) is 0 Å². The molecule has 7 nitrogen and oxygen atoms in total. The van der Waals surface area contributed by atoms with E-state index in [0.29, 0.717) is 31.1 Å². The lowest BCUT2D eigenvalue weighted by Gasteiger charge is -2.26. The van der Waals surface area contributed by atoms with E-state index in [9.17, 15) is 13.2 Å². The molecule has 2 heterocycles. The number of nitrogens with zero attached hydrogens (tertiary/aromatic N) is 1. The van der Waals surface area contributed by atoms with Gasteiger partial charge in [-0.15, -0.1) is 0 Å². The van der Waals surface area contributed by atoms with Crippen molar-refractivity contribution < 1.29 is 22.8 Å². The highest BCUT2D eigenvalue weighted by Gasteiger charge is 2.29. The van der Waals surface area contributed by atoms with Crippen LogP contribution in [0.2, 0.25) is 0 Å². The highest BCUT2D eigenvalue weighted by Crippen LogP contribution is 2.31. The van der Waals surface area contributed by atoms with Gasteiger partial charge in [0.25, 0.3) is 5.91 Å². The number of nitrogens with one attached hydrogen (secondary N) is 2. The molecule has 2 aliphatic rings. The molecule has 8 heteroatoms. The highest BCUT2D eigenvalue weighted by molar-refractivity contribution is 7.89. The van der Waals surface area contributed by atoms with E-state index in [0.717, 1.165) is 45.2 Å². The first-order valence-corrected chi connectivity index (χ1v) is 11.3. The Bertz CT molecular complexity index is 754. The second-order valence-corrected chi connectivity index (χ2v) is 9.27. The molecular weight excluding hydrogens is 366 g/mol. The minimum atomic E-state index is -3.64. The number of ether oxygens (including phenoxy) is 1. The Morgan fingerprint density at radius 1 is 1.11 bits per heavy atom. The third kappa shape index (κ3) is 5.00. The summed E-state index contributed by atoms with van der Waals surface area (Å²) in [5.41, 5.74) is 0.493. The van der Waals surface area contributed by atoms with E-state index in [-0.39, 0.29) is 10.8 Å². The van der Waals surface area contributed by atoms with Gasteiger partial charge in [0.05, 0.1) is 20.2 Å². The lowest BCUT2D eigenvalue weighted by molar-refractivity contribution is -0.896. The van der Waals surface area contributed by atoms with Gasteiger partial charge in [0.15, 0.2) is 6.54 Å². The summed E-state index contributed by atoms with van der Waals surface area (Å²) in [7, 11) is -2.18. The molecule has 0 atom stereocenters. The van der Waals surface area contributed by atoms with Crippen LogP contribution in [-0.4, -0.2) is 58.5 Å². The quantitative estimate of drug-likeness (QED) is 0.748. The van der Waals surface area contributed by atoms with Crippen molar-refractivity contribution in [3.05, 3.63) is 18.2 Å². The number of quaternary nitrogens is 1. The fraction of sp³-hybridized carbons (Fsp3) is 0.632. The zero-order valence-electron chi connectivity index (χ0n) is 16.0. The molecule has 0 unspecified atom stereocenters. The van der Waals surface area contributed by atoms with E-state index >= 15 is 0 Å². The number of hydrogen-bond donors (Lipinski definition) is 2. The van der Waals surface area contributed by atoms with Gasteiger partial charge in [0, 0.05) is 18.8 Å². The van der Waals surface area contributed by atoms with Crippen LogP contribution in [0.25, 0.3) is 0 Å². The van der Waals surface area contributed by atoms with Gasteiger partial charge >= 0.3 is 0 Å². The average molecular weight is 397 g/mol. The smallest absolute Gasteiger partial charge is 0.279 e. The summed E-state index contributed by atoms with van der Waals surface area (Å²) in [5, 5.41) is 2.86. The number of anilines is 1. The Kier molecular flexibility index (Phi) is 6.73. The zero-order chi connectivity index (χ0) is 19.3. The van der Waals surface area contributed by atoms with Gasteiger partial charge in [-0.25, -0.2) is 8.42 Å². The monoisotopic (exact) mass is 396 g/mol. The molecule has 0 bridgehead atoms. The number of hydrogen-bond acceptors (Lipinski definition) is 4. The molecule has 2 N–H and O–H groups in total. The second-order valence-electron chi connectivity index (χ2n) is 7.37. The molecule has 2 aliphatic heterocycles. The first-order valence-electron chi connectivity index (χ1n) is 9.82. The molecule has 0 saturated carbocycles. The maximum absolute atomic E-state index is 13.1.